The van der Waals surface area contributed by atoms with Crippen molar-refractivity contribution in [3.8, 4) is 5.75 Å². The highest BCUT2D eigenvalue weighted by atomic mass is 16.5. The van der Waals surface area contributed by atoms with E-state index in [0.717, 1.165) is 41.8 Å². The molecule has 4 amide bonds. The van der Waals surface area contributed by atoms with Gasteiger partial charge in [-0.2, -0.15) is 5.10 Å². The number of aromatic nitrogens is 2. The molecule has 222 valence electrons. The Bertz CT molecular complexity index is 1230. The van der Waals surface area contributed by atoms with Crippen LogP contribution >= 0.6 is 0 Å². The van der Waals surface area contributed by atoms with Crippen LogP contribution < -0.4 is 20.7 Å². The molecule has 12 heteroatoms. The maximum absolute atomic E-state index is 13.6. The van der Waals surface area contributed by atoms with Crippen molar-refractivity contribution in [3.63, 3.8) is 0 Å². The highest BCUT2D eigenvalue weighted by molar-refractivity contribution is 5.93. The third-order valence-electron chi connectivity index (χ3n) is 7.26. The van der Waals surface area contributed by atoms with Gasteiger partial charge in [-0.25, -0.2) is 0 Å². The first kappa shape index (κ1) is 30.0. The quantitative estimate of drug-likeness (QED) is 0.341. The Morgan fingerprint density at radius 1 is 1.15 bits per heavy atom. The lowest BCUT2D eigenvalue weighted by molar-refractivity contribution is -0.141. The number of nitrogens with one attached hydrogen (secondary N) is 4. The fraction of sp³-hybridized carbons (Fsp3) is 0.552. The number of H-pyrrole nitrogens is 1. The van der Waals surface area contributed by atoms with Gasteiger partial charge in [-0.3, -0.25) is 24.3 Å². The number of nitrogens with zero attached hydrogens (tertiary/aromatic N) is 2. The zero-order valence-electron chi connectivity index (χ0n) is 24.0. The number of hydrogen-bond donors (Lipinski definition) is 4. The summed E-state index contributed by atoms with van der Waals surface area (Å²) in [6.07, 6.45) is 3.54. The molecule has 3 aliphatic rings. The van der Waals surface area contributed by atoms with E-state index < -0.39 is 29.8 Å². The van der Waals surface area contributed by atoms with Crippen LogP contribution in [-0.2, 0) is 49.7 Å². The lowest BCUT2D eigenvalue weighted by Gasteiger charge is -2.29. The molecule has 2 bridgehead atoms. The third-order valence-corrected chi connectivity index (χ3v) is 7.26. The maximum Gasteiger partial charge on any atom is 0.258 e. The predicted octanol–water partition coefficient (Wildman–Crippen LogP) is 0.640. The van der Waals surface area contributed by atoms with E-state index in [4.69, 9.17) is 9.47 Å². The van der Waals surface area contributed by atoms with Crippen LogP contribution in [0.3, 0.4) is 0 Å². The second kappa shape index (κ2) is 14.1. The topological polar surface area (TPSA) is 155 Å². The van der Waals surface area contributed by atoms with Crippen molar-refractivity contribution >= 4 is 23.6 Å². The number of fused-ring (bicyclic) bond motifs is 14. The SMILES string of the molecule is COCCN1CC(=O)N[C@@H](C(=O)NCc2n[nH]c3c2CCC3)Cc2ccc(cc2)OCC(=O)N[C@@H](CC(C)C)C1=O. The summed E-state index contributed by atoms with van der Waals surface area (Å²) in [7, 11) is 1.51. The Hall–Kier alpha value is -3.93. The molecular formula is C29H40N6O6. The molecule has 0 saturated heterocycles. The molecule has 1 aliphatic carbocycles. The number of benzene rings is 1. The van der Waals surface area contributed by atoms with E-state index in [1.54, 1.807) is 24.3 Å². The second-order valence-electron chi connectivity index (χ2n) is 11.0. The molecule has 2 atom stereocenters. The first-order chi connectivity index (χ1) is 19.7. The summed E-state index contributed by atoms with van der Waals surface area (Å²) >= 11 is 0. The largest absolute Gasteiger partial charge is 0.484 e. The smallest absolute Gasteiger partial charge is 0.258 e. The number of aromatic amines is 1. The third kappa shape index (κ3) is 8.29. The zero-order chi connectivity index (χ0) is 29.4. The summed E-state index contributed by atoms with van der Waals surface area (Å²) in [4.78, 5) is 54.3. The van der Waals surface area contributed by atoms with Gasteiger partial charge in [0.25, 0.3) is 5.91 Å². The van der Waals surface area contributed by atoms with Gasteiger partial charge in [-0.05, 0) is 54.9 Å². The number of ether oxygens (including phenoxy) is 2. The van der Waals surface area contributed by atoms with Crippen LogP contribution in [0.15, 0.2) is 24.3 Å². The summed E-state index contributed by atoms with van der Waals surface area (Å²) in [6.45, 7) is 3.94. The van der Waals surface area contributed by atoms with Gasteiger partial charge in [0.2, 0.25) is 17.7 Å². The molecular weight excluding hydrogens is 528 g/mol. The average Bonchev–Trinajstić information content (AvgIpc) is 3.56. The number of carbonyl (C=O) groups excluding carboxylic acids is 4. The van der Waals surface area contributed by atoms with Crippen LogP contribution in [-0.4, -0.2) is 84.2 Å². The van der Waals surface area contributed by atoms with Crippen LogP contribution in [0.25, 0.3) is 0 Å². The lowest BCUT2D eigenvalue weighted by atomic mass is 10.0. The first-order valence-corrected chi connectivity index (χ1v) is 14.1. The van der Waals surface area contributed by atoms with Crippen molar-refractivity contribution in [1.29, 1.82) is 0 Å². The first-order valence-electron chi connectivity index (χ1n) is 14.1. The molecule has 41 heavy (non-hydrogen) atoms. The highest BCUT2D eigenvalue weighted by Crippen LogP contribution is 2.22. The van der Waals surface area contributed by atoms with Gasteiger partial charge in [0, 0.05) is 25.8 Å². The number of carbonyl (C=O) groups is 4. The molecule has 1 aromatic heterocycles. The highest BCUT2D eigenvalue weighted by Gasteiger charge is 2.30. The van der Waals surface area contributed by atoms with E-state index >= 15 is 0 Å². The van der Waals surface area contributed by atoms with Gasteiger partial charge in [-0.1, -0.05) is 26.0 Å². The molecule has 0 fully saturated rings. The van der Waals surface area contributed by atoms with E-state index in [9.17, 15) is 19.2 Å². The van der Waals surface area contributed by atoms with E-state index in [1.807, 2.05) is 13.8 Å². The molecule has 4 N–H and O–H groups in total. The standard InChI is InChI=1S/C29H40N6O6/c1-18(2)13-24-29(39)35(11-12-40-3)16-26(36)31-23(14-19-7-9-20(10-8-19)41-17-27(37)32-24)28(38)30-15-25-21-5-4-6-22(21)33-34-25/h7-10,18,23-24H,4-6,11-17H2,1-3H3,(H,30,38)(H,31,36)(H,32,37)(H,33,34)/t23-,24+/m1/s1. The molecule has 2 aliphatic heterocycles. The Balaban J connectivity index is 1.56. The molecule has 5 rings (SSSR count). The molecule has 12 nitrogen and oxygen atoms in total. The minimum absolute atomic E-state index is 0.102. The van der Waals surface area contributed by atoms with Gasteiger partial charge in [0.05, 0.1) is 25.4 Å². The zero-order valence-corrected chi connectivity index (χ0v) is 24.0. The van der Waals surface area contributed by atoms with Gasteiger partial charge >= 0.3 is 0 Å². The maximum atomic E-state index is 13.6. The van der Waals surface area contributed by atoms with E-state index in [1.165, 1.54) is 12.0 Å². The second-order valence-corrected chi connectivity index (χ2v) is 11.0. The minimum Gasteiger partial charge on any atom is -0.484 e. The molecule has 0 unspecified atom stereocenters. The Labute approximate surface area is 239 Å². The van der Waals surface area contributed by atoms with Crippen molar-refractivity contribution in [2.75, 3.05) is 33.4 Å². The fourth-order valence-electron chi connectivity index (χ4n) is 5.18. The molecule has 2 aromatic rings. The van der Waals surface area contributed by atoms with Crippen LogP contribution in [0, 0.1) is 5.92 Å². The van der Waals surface area contributed by atoms with Crippen LogP contribution in [0.1, 0.15) is 49.2 Å². The van der Waals surface area contributed by atoms with Gasteiger partial charge in [0.1, 0.15) is 17.8 Å². The van der Waals surface area contributed by atoms with Crippen molar-refractivity contribution in [2.45, 2.75) is 64.6 Å². The molecule has 3 heterocycles. The lowest BCUT2D eigenvalue weighted by Crippen LogP contribution is -2.55. The Morgan fingerprint density at radius 3 is 2.66 bits per heavy atom. The number of methoxy groups -OCH3 is 1. The van der Waals surface area contributed by atoms with Crippen molar-refractivity contribution < 1.29 is 28.7 Å². The van der Waals surface area contributed by atoms with E-state index in [0.29, 0.717) is 12.2 Å². The predicted molar refractivity (Wildman–Crippen MR) is 150 cm³/mol. The van der Waals surface area contributed by atoms with Gasteiger partial charge in [0.15, 0.2) is 6.61 Å². The minimum atomic E-state index is -0.889. The molecule has 1 aromatic carbocycles. The summed E-state index contributed by atoms with van der Waals surface area (Å²) in [5.74, 6) is -1.10. The van der Waals surface area contributed by atoms with E-state index in [-0.39, 0.29) is 51.1 Å². The number of rotatable bonds is 8. The van der Waals surface area contributed by atoms with Crippen LogP contribution in [0.2, 0.25) is 0 Å². The summed E-state index contributed by atoms with van der Waals surface area (Å²) in [6, 6.07) is 5.27. The van der Waals surface area contributed by atoms with Crippen LogP contribution in [0.4, 0.5) is 0 Å². The molecule has 0 radical (unpaired) electrons. The number of hydrogen-bond acceptors (Lipinski definition) is 7. The Morgan fingerprint density at radius 2 is 1.93 bits per heavy atom. The van der Waals surface area contributed by atoms with Gasteiger partial charge < -0.3 is 30.3 Å². The van der Waals surface area contributed by atoms with Gasteiger partial charge in [-0.15, -0.1) is 0 Å². The van der Waals surface area contributed by atoms with Crippen molar-refractivity contribution in [3.05, 3.63) is 46.8 Å². The molecule has 0 spiro atoms. The normalized spacial score (nSPS) is 20.0. The molecule has 0 saturated carbocycles. The summed E-state index contributed by atoms with van der Waals surface area (Å²) in [5.41, 5.74) is 3.86. The van der Waals surface area contributed by atoms with E-state index in [2.05, 4.69) is 26.1 Å². The summed E-state index contributed by atoms with van der Waals surface area (Å²) in [5, 5.41) is 15.9. The average molecular weight is 569 g/mol. The number of aryl methyl sites for hydroxylation is 1. The Kier molecular flexibility index (Phi) is 10.3. The summed E-state index contributed by atoms with van der Waals surface area (Å²) < 4.78 is 10.8. The van der Waals surface area contributed by atoms with Crippen molar-refractivity contribution in [2.24, 2.45) is 5.92 Å². The van der Waals surface area contributed by atoms with Crippen molar-refractivity contribution in [1.82, 2.24) is 31.0 Å². The van der Waals surface area contributed by atoms with Crippen LogP contribution in [0.5, 0.6) is 5.75 Å². The fourth-order valence-corrected chi connectivity index (χ4v) is 5.18. The monoisotopic (exact) mass is 568 g/mol. The number of amides is 4.